The molecule has 20 heavy (non-hydrogen) atoms. The first-order valence-corrected chi connectivity index (χ1v) is 6.40. The van der Waals surface area contributed by atoms with Crippen molar-refractivity contribution in [3.63, 3.8) is 0 Å². The van der Waals surface area contributed by atoms with Crippen LogP contribution in [0.2, 0.25) is 0 Å². The highest BCUT2D eigenvalue weighted by atomic mass is 32.2. The number of nitrogen functional groups attached to an aromatic ring is 1. The fourth-order valence-corrected chi connectivity index (χ4v) is 2.68. The first-order chi connectivity index (χ1) is 9.52. The van der Waals surface area contributed by atoms with E-state index in [1.165, 1.54) is 6.07 Å². The first-order valence-electron chi connectivity index (χ1n) is 5.58. The highest BCUT2D eigenvalue weighted by molar-refractivity contribution is 7.99. The summed E-state index contributed by atoms with van der Waals surface area (Å²) < 4.78 is 31.6. The largest absolute Gasteiger partial charge is 0.417 e. The van der Waals surface area contributed by atoms with Gasteiger partial charge in [-0.1, -0.05) is 11.8 Å². The van der Waals surface area contributed by atoms with E-state index in [4.69, 9.17) is 10.2 Å². The molecule has 3 rings (SSSR count). The van der Waals surface area contributed by atoms with Crippen molar-refractivity contribution < 1.29 is 13.2 Å². The molecule has 102 valence electrons. The minimum absolute atomic E-state index is 0.113. The van der Waals surface area contributed by atoms with E-state index in [2.05, 4.69) is 4.98 Å². The molecular formula is C13H8F2N2O2S. The number of nitrogens with one attached hydrogen (secondary N) is 1. The zero-order valence-electron chi connectivity index (χ0n) is 9.94. The Kier molecular flexibility index (Phi) is 2.98. The smallest absolute Gasteiger partial charge is 0.408 e. The summed E-state index contributed by atoms with van der Waals surface area (Å²) >= 11 is 0.975. The van der Waals surface area contributed by atoms with Crippen molar-refractivity contribution in [1.82, 2.24) is 4.98 Å². The lowest BCUT2D eigenvalue weighted by molar-refractivity contribution is 0.555. The van der Waals surface area contributed by atoms with Crippen molar-refractivity contribution in [2.24, 2.45) is 0 Å². The van der Waals surface area contributed by atoms with E-state index < -0.39 is 17.4 Å². The van der Waals surface area contributed by atoms with Crippen LogP contribution in [0.15, 0.2) is 49.3 Å². The van der Waals surface area contributed by atoms with Gasteiger partial charge in [0, 0.05) is 16.6 Å². The molecule has 0 atom stereocenters. The lowest BCUT2D eigenvalue weighted by Crippen LogP contribution is -1.93. The van der Waals surface area contributed by atoms with E-state index in [1.54, 1.807) is 6.07 Å². The summed E-state index contributed by atoms with van der Waals surface area (Å²) in [5.74, 6) is -1.68. The Balaban J connectivity index is 2.07. The molecule has 0 aliphatic carbocycles. The van der Waals surface area contributed by atoms with Gasteiger partial charge in [0.25, 0.3) is 0 Å². The number of benzene rings is 2. The molecule has 4 nitrogen and oxygen atoms in total. The third kappa shape index (κ3) is 2.27. The molecule has 2 aromatic carbocycles. The molecule has 0 spiro atoms. The number of hydrogen-bond acceptors (Lipinski definition) is 4. The van der Waals surface area contributed by atoms with E-state index in [1.807, 2.05) is 0 Å². The molecule has 0 unspecified atom stereocenters. The standard InChI is InChI=1S/C13H8F2N2O2S/c14-6-1-2-7(15)11(3-6)20-12-5-9-10(4-8(12)16)19-13(18)17-9/h1-5H,16H2,(H,17,18). The molecule has 3 aromatic rings. The number of rotatable bonds is 2. The van der Waals surface area contributed by atoms with Crippen LogP contribution < -0.4 is 11.5 Å². The Morgan fingerprint density at radius 2 is 1.95 bits per heavy atom. The quantitative estimate of drug-likeness (QED) is 0.712. The van der Waals surface area contributed by atoms with Crippen molar-refractivity contribution in [2.45, 2.75) is 9.79 Å². The van der Waals surface area contributed by atoms with Gasteiger partial charge in [-0.15, -0.1) is 0 Å². The lowest BCUT2D eigenvalue weighted by Gasteiger charge is -2.06. The monoisotopic (exact) mass is 294 g/mol. The minimum atomic E-state index is -0.599. The molecule has 0 fully saturated rings. The molecule has 3 N–H and O–H groups in total. The Bertz CT molecular complexity index is 857. The number of fused-ring (bicyclic) bond motifs is 1. The third-order valence-corrected chi connectivity index (χ3v) is 3.77. The van der Waals surface area contributed by atoms with Crippen molar-refractivity contribution in [3.05, 3.63) is 52.5 Å². The maximum atomic E-state index is 13.6. The molecular weight excluding hydrogens is 286 g/mol. The van der Waals surface area contributed by atoms with Crippen LogP contribution in [0.25, 0.3) is 11.1 Å². The van der Waals surface area contributed by atoms with Crippen LogP contribution >= 0.6 is 11.8 Å². The van der Waals surface area contributed by atoms with Crippen LogP contribution in [0.3, 0.4) is 0 Å². The zero-order valence-corrected chi connectivity index (χ0v) is 10.8. The molecule has 1 heterocycles. The number of oxazole rings is 1. The van der Waals surface area contributed by atoms with Crippen molar-refractivity contribution in [3.8, 4) is 0 Å². The Morgan fingerprint density at radius 1 is 1.15 bits per heavy atom. The molecule has 0 aliphatic rings. The number of H-pyrrole nitrogens is 1. The van der Waals surface area contributed by atoms with E-state index in [0.717, 1.165) is 30.0 Å². The van der Waals surface area contributed by atoms with Gasteiger partial charge in [0.05, 0.1) is 10.4 Å². The second-order valence-corrected chi connectivity index (χ2v) is 5.16. The molecule has 0 aliphatic heterocycles. The number of aromatic nitrogens is 1. The van der Waals surface area contributed by atoms with E-state index in [9.17, 15) is 13.6 Å². The van der Waals surface area contributed by atoms with Gasteiger partial charge in [-0.2, -0.15) is 0 Å². The summed E-state index contributed by atoms with van der Waals surface area (Å²) in [6.45, 7) is 0. The highest BCUT2D eigenvalue weighted by Crippen LogP contribution is 2.35. The van der Waals surface area contributed by atoms with Gasteiger partial charge in [-0.25, -0.2) is 13.6 Å². The van der Waals surface area contributed by atoms with Crippen LogP contribution in [0.4, 0.5) is 14.5 Å². The first kappa shape index (κ1) is 12.7. The van der Waals surface area contributed by atoms with E-state index in [0.29, 0.717) is 21.7 Å². The maximum absolute atomic E-state index is 13.6. The van der Waals surface area contributed by atoms with Gasteiger partial charge in [-0.05, 0) is 24.3 Å². The summed E-state index contributed by atoms with van der Waals surface area (Å²) in [5, 5.41) is 0. The molecule has 0 saturated carbocycles. The summed E-state index contributed by atoms with van der Waals surface area (Å²) in [6.07, 6.45) is 0. The van der Waals surface area contributed by atoms with E-state index in [-0.39, 0.29) is 4.90 Å². The molecule has 7 heteroatoms. The fourth-order valence-electron chi connectivity index (χ4n) is 1.76. The minimum Gasteiger partial charge on any atom is -0.408 e. The van der Waals surface area contributed by atoms with Crippen LogP contribution in [0.5, 0.6) is 0 Å². The van der Waals surface area contributed by atoms with Gasteiger partial charge < -0.3 is 10.2 Å². The van der Waals surface area contributed by atoms with Crippen LogP contribution in [0.1, 0.15) is 0 Å². The maximum Gasteiger partial charge on any atom is 0.417 e. The Labute approximate surface area is 115 Å². The average Bonchev–Trinajstić information content (AvgIpc) is 2.73. The average molecular weight is 294 g/mol. The van der Waals surface area contributed by atoms with Gasteiger partial charge >= 0.3 is 5.76 Å². The predicted molar refractivity (Wildman–Crippen MR) is 71.7 cm³/mol. The summed E-state index contributed by atoms with van der Waals surface area (Å²) in [7, 11) is 0. The summed E-state index contributed by atoms with van der Waals surface area (Å²) in [6, 6.07) is 6.20. The Hall–Kier alpha value is -2.28. The topological polar surface area (TPSA) is 72.0 Å². The number of halogens is 2. The normalized spacial score (nSPS) is 11.1. The van der Waals surface area contributed by atoms with Crippen molar-refractivity contribution in [2.75, 3.05) is 5.73 Å². The summed E-state index contributed by atoms with van der Waals surface area (Å²) in [4.78, 5) is 14.2. The number of nitrogens with two attached hydrogens (primary N) is 1. The second-order valence-electron chi connectivity index (χ2n) is 4.08. The molecule has 0 bridgehead atoms. The van der Waals surface area contributed by atoms with Gasteiger partial charge in [0.1, 0.15) is 11.6 Å². The lowest BCUT2D eigenvalue weighted by atomic mass is 10.3. The zero-order chi connectivity index (χ0) is 14.3. The van der Waals surface area contributed by atoms with Crippen LogP contribution in [-0.4, -0.2) is 4.98 Å². The van der Waals surface area contributed by atoms with Crippen LogP contribution in [-0.2, 0) is 0 Å². The van der Waals surface area contributed by atoms with E-state index >= 15 is 0 Å². The predicted octanol–water partition coefficient (Wildman–Crippen LogP) is 3.13. The number of aromatic amines is 1. The second kappa shape index (κ2) is 4.68. The molecule has 0 amide bonds. The Morgan fingerprint density at radius 3 is 2.75 bits per heavy atom. The number of anilines is 1. The molecule has 0 saturated heterocycles. The third-order valence-electron chi connectivity index (χ3n) is 2.66. The fraction of sp³-hybridized carbons (Fsp3) is 0. The van der Waals surface area contributed by atoms with Gasteiger partial charge in [0.2, 0.25) is 0 Å². The van der Waals surface area contributed by atoms with Gasteiger partial charge in [0.15, 0.2) is 5.58 Å². The SMILES string of the molecule is Nc1cc2oc(=O)[nH]c2cc1Sc1cc(F)ccc1F. The molecule has 1 aromatic heterocycles. The molecule has 0 radical (unpaired) electrons. The van der Waals surface area contributed by atoms with Crippen molar-refractivity contribution >= 4 is 28.5 Å². The van der Waals surface area contributed by atoms with Crippen LogP contribution in [0, 0.1) is 11.6 Å². The highest BCUT2D eigenvalue weighted by Gasteiger charge is 2.11. The van der Waals surface area contributed by atoms with Crippen molar-refractivity contribution in [1.29, 1.82) is 0 Å². The van der Waals surface area contributed by atoms with Gasteiger partial charge in [-0.3, -0.25) is 4.98 Å². The summed E-state index contributed by atoms with van der Waals surface area (Å²) in [5.41, 5.74) is 6.90. The number of hydrogen-bond donors (Lipinski definition) is 2.